The molecule has 0 aliphatic carbocycles. The smallest absolute Gasteiger partial charge is 0.241 e. The number of anilines is 1. The lowest BCUT2D eigenvalue weighted by molar-refractivity contribution is -0.117. The van der Waals surface area contributed by atoms with E-state index in [4.69, 9.17) is 32.7 Å². The van der Waals surface area contributed by atoms with Crippen LogP contribution in [0.15, 0.2) is 36.4 Å². The zero-order valence-corrected chi connectivity index (χ0v) is 18.0. The highest BCUT2D eigenvalue weighted by Gasteiger charge is 2.18. The standard InChI is InChI=1S/C21H26Cl2N2O3/c1-5-27-19-10-7-15(11-20(19)28-6-2)13(3)24-14(4)21(26)25-18-12-16(22)8-9-17(18)23/h7-14,24H,5-6H2,1-4H3,(H,25,26)/t13-,14+/m1/s1. The van der Waals surface area contributed by atoms with Crippen molar-refractivity contribution in [1.29, 1.82) is 0 Å². The van der Waals surface area contributed by atoms with Crippen LogP contribution in [0.4, 0.5) is 5.69 Å². The van der Waals surface area contributed by atoms with Crippen molar-refractivity contribution in [1.82, 2.24) is 5.32 Å². The Morgan fingerprint density at radius 2 is 1.68 bits per heavy atom. The van der Waals surface area contributed by atoms with Crippen LogP contribution in [-0.2, 0) is 4.79 Å². The quantitative estimate of drug-likeness (QED) is 0.560. The summed E-state index contributed by atoms with van der Waals surface area (Å²) < 4.78 is 11.3. The van der Waals surface area contributed by atoms with Crippen molar-refractivity contribution < 1.29 is 14.3 Å². The van der Waals surface area contributed by atoms with E-state index in [9.17, 15) is 4.79 Å². The number of ether oxygens (including phenoxy) is 2. The number of carbonyl (C=O) groups is 1. The van der Waals surface area contributed by atoms with Gasteiger partial charge in [-0.15, -0.1) is 0 Å². The fourth-order valence-electron chi connectivity index (χ4n) is 2.72. The van der Waals surface area contributed by atoms with Crippen LogP contribution in [-0.4, -0.2) is 25.2 Å². The number of benzene rings is 2. The van der Waals surface area contributed by atoms with E-state index in [1.807, 2.05) is 39.0 Å². The van der Waals surface area contributed by atoms with Gasteiger partial charge < -0.3 is 14.8 Å². The molecular formula is C21H26Cl2N2O3. The van der Waals surface area contributed by atoms with Crippen LogP contribution in [0.5, 0.6) is 11.5 Å². The summed E-state index contributed by atoms with van der Waals surface area (Å²) in [4.78, 5) is 12.5. The molecule has 28 heavy (non-hydrogen) atoms. The molecule has 0 aliphatic heterocycles. The Hall–Kier alpha value is -1.95. The first-order valence-electron chi connectivity index (χ1n) is 9.27. The highest BCUT2D eigenvalue weighted by Crippen LogP contribution is 2.31. The maximum absolute atomic E-state index is 12.5. The van der Waals surface area contributed by atoms with Crippen molar-refractivity contribution in [3.63, 3.8) is 0 Å². The van der Waals surface area contributed by atoms with Crippen LogP contribution in [0.25, 0.3) is 0 Å². The molecule has 0 spiro atoms. The summed E-state index contributed by atoms with van der Waals surface area (Å²) in [7, 11) is 0. The molecule has 7 heteroatoms. The number of rotatable bonds is 9. The van der Waals surface area contributed by atoms with E-state index in [0.29, 0.717) is 40.4 Å². The second kappa shape index (κ2) is 10.6. The molecule has 0 radical (unpaired) electrons. The van der Waals surface area contributed by atoms with Gasteiger partial charge in [-0.3, -0.25) is 10.1 Å². The molecule has 2 aromatic carbocycles. The molecule has 5 nitrogen and oxygen atoms in total. The van der Waals surface area contributed by atoms with Gasteiger partial charge in [-0.2, -0.15) is 0 Å². The van der Waals surface area contributed by atoms with Crippen LogP contribution in [0.1, 0.15) is 39.3 Å². The molecule has 152 valence electrons. The van der Waals surface area contributed by atoms with Gasteiger partial charge in [-0.05, 0) is 63.6 Å². The van der Waals surface area contributed by atoms with E-state index in [2.05, 4.69) is 10.6 Å². The number of halogens is 2. The summed E-state index contributed by atoms with van der Waals surface area (Å²) in [6, 6.07) is 10.2. The summed E-state index contributed by atoms with van der Waals surface area (Å²) in [6.45, 7) is 8.75. The number of nitrogens with one attached hydrogen (secondary N) is 2. The average molecular weight is 425 g/mol. The molecule has 0 bridgehead atoms. The largest absolute Gasteiger partial charge is 0.490 e. The first kappa shape index (κ1) is 22.3. The topological polar surface area (TPSA) is 59.6 Å². The Labute approximate surface area is 176 Å². The Kier molecular flexibility index (Phi) is 8.42. The first-order chi connectivity index (χ1) is 13.3. The lowest BCUT2D eigenvalue weighted by Crippen LogP contribution is -2.39. The lowest BCUT2D eigenvalue weighted by Gasteiger charge is -2.21. The van der Waals surface area contributed by atoms with Crippen LogP contribution in [0.3, 0.4) is 0 Å². The highest BCUT2D eigenvalue weighted by atomic mass is 35.5. The van der Waals surface area contributed by atoms with Gasteiger partial charge in [0.15, 0.2) is 11.5 Å². The Morgan fingerprint density at radius 1 is 1.00 bits per heavy atom. The summed E-state index contributed by atoms with van der Waals surface area (Å²) >= 11 is 12.1. The summed E-state index contributed by atoms with van der Waals surface area (Å²) in [6.07, 6.45) is 0. The van der Waals surface area contributed by atoms with E-state index in [-0.39, 0.29) is 11.9 Å². The van der Waals surface area contributed by atoms with Gasteiger partial charge in [-0.25, -0.2) is 0 Å². The molecule has 2 atom stereocenters. The highest BCUT2D eigenvalue weighted by molar-refractivity contribution is 6.35. The van der Waals surface area contributed by atoms with Gasteiger partial charge >= 0.3 is 0 Å². The minimum Gasteiger partial charge on any atom is -0.490 e. The fourth-order valence-corrected chi connectivity index (χ4v) is 3.06. The predicted molar refractivity (Wildman–Crippen MR) is 115 cm³/mol. The predicted octanol–water partition coefficient (Wildman–Crippen LogP) is 5.47. The van der Waals surface area contributed by atoms with Crippen LogP contribution in [0, 0.1) is 0 Å². The van der Waals surface area contributed by atoms with Crippen LogP contribution < -0.4 is 20.1 Å². The zero-order chi connectivity index (χ0) is 20.7. The second-order valence-corrected chi connectivity index (χ2v) is 7.14. The van der Waals surface area contributed by atoms with Crippen molar-refractivity contribution in [3.8, 4) is 11.5 Å². The Bertz CT molecular complexity index is 814. The minimum absolute atomic E-state index is 0.0783. The van der Waals surface area contributed by atoms with Gasteiger partial charge in [0.2, 0.25) is 5.91 Å². The summed E-state index contributed by atoms with van der Waals surface area (Å²) in [5.41, 5.74) is 1.48. The molecule has 0 heterocycles. The Balaban J connectivity index is 2.06. The van der Waals surface area contributed by atoms with Gasteiger partial charge in [0, 0.05) is 11.1 Å². The average Bonchev–Trinajstić information content (AvgIpc) is 2.66. The SMILES string of the molecule is CCOc1ccc([C@@H](C)N[C@@H](C)C(=O)Nc2cc(Cl)ccc2Cl)cc1OCC. The minimum atomic E-state index is -0.452. The van der Waals surface area contributed by atoms with E-state index in [1.54, 1.807) is 25.1 Å². The van der Waals surface area contributed by atoms with Gasteiger partial charge in [-0.1, -0.05) is 29.3 Å². The van der Waals surface area contributed by atoms with E-state index >= 15 is 0 Å². The lowest BCUT2D eigenvalue weighted by atomic mass is 10.1. The maximum Gasteiger partial charge on any atom is 0.241 e. The monoisotopic (exact) mass is 424 g/mol. The first-order valence-corrected chi connectivity index (χ1v) is 10.0. The third-order valence-corrected chi connectivity index (χ3v) is 4.71. The van der Waals surface area contributed by atoms with Gasteiger partial charge in [0.1, 0.15) is 0 Å². The third kappa shape index (κ3) is 6.03. The molecule has 2 N–H and O–H groups in total. The maximum atomic E-state index is 12.5. The van der Waals surface area contributed by atoms with Crippen LogP contribution in [0.2, 0.25) is 10.0 Å². The molecule has 0 unspecified atom stereocenters. The Morgan fingerprint density at radius 3 is 2.36 bits per heavy atom. The van der Waals surface area contributed by atoms with E-state index in [1.165, 1.54) is 0 Å². The molecule has 1 amide bonds. The number of amides is 1. The van der Waals surface area contributed by atoms with Crippen LogP contribution >= 0.6 is 23.2 Å². The molecule has 0 saturated carbocycles. The fraction of sp³-hybridized carbons (Fsp3) is 0.381. The molecule has 0 fully saturated rings. The summed E-state index contributed by atoms with van der Waals surface area (Å²) in [5.74, 6) is 1.20. The van der Waals surface area contributed by atoms with Crippen molar-refractivity contribution >= 4 is 34.8 Å². The van der Waals surface area contributed by atoms with Crippen molar-refractivity contribution in [2.24, 2.45) is 0 Å². The summed E-state index contributed by atoms with van der Waals surface area (Å²) in [5, 5.41) is 7.03. The van der Waals surface area contributed by atoms with Crippen molar-refractivity contribution in [2.45, 2.75) is 39.8 Å². The van der Waals surface area contributed by atoms with Gasteiger partial charge in [0.05, 0.1) is 30.0 Å². The normalized spacial score (nSPS) is 12.9. The van der Waals surface area contributed by atoms with Crippen molar-refractivity contribution in [2.75, 3.05) is 18.5 Å². The molecule has 2 rings (SSSR count). The van der Waals surface area contributed by atoms with Gasteiger partial charge in [0.25, 0.3) is 0 Å². The third-order valence-electron chi connectivity index (χ3n) is 4.15. The number of hydrogen-bond acceptors (Lipinski definition) is 4. The molecule has 0 aromatic heterocycles. The number of hydrogen-bond donors (Lipinski definition) is 2. The van der Waals surface area contributed by atoms with E-state index < -0.39 is 6.04 Å². The van der Waals surface area contributed by atoms with Crippen molar-refractivity contribution in [3.05, 3.63) is 52.0 Å². The molecule has 2 aromatic rings. The zero-order valence-electron chi connectivity index (χ0n) is 16.5. The molecule has 0 saturated heterocycles. The molecular weight excluding hydrogens is 399 g/mol. The molecule has 0 aliphatic rings. The van der Waals surface area contributed by atoms with E-state index in [0.717, 1.165) is 5.56 Å². The second-order valence-electron chi connectivity index (χ2n) is 6.30. The number of carbonyl (C=O) groups excluding carboxylic acids is 1.